The molecule has 0 bridgehead atoms. The molecule has 6 rings (SSSR count). The molecule has 11 heteroatoms. The van der Waals surface area contributed by atoms with Crippen molar-refractivity contribution in [2.75, 3.05) is 27.9 Å². The monoisotopic (exact) mass is 731 g/mol. The number of nitrogens with one attached hydrogen (secondary N) is 1. The number of carbonyl (C=O) groups is 2. The zero-order valence-electron chi connectivity index (χ0n) is 32.7. The van der Waals surface area contributed by atoms with E-state index in [4.69, 9.17) is 37.9 Å². The number of hydrogen-bond acceptors (Lipinski definition) is 11. The smallest absolute Gasteiger partial charge is 0.306 e. The molecule has 0 unspecified atom stereocenters. The summed E-state index contributed by atoms with van der Waals surface area (Å²) in [4.78, 5) is 28.1. The Balaban J connectivity index is 1.20. The summed E-state index contributed by atoms with van der Waals surface area (Å²) in [6.07, 6.45) is 10.8. The first-order valence-electron chi connectivity index (χ1n) is 20.2. The zero-order valence-corrected chi connectivity index (χ0v) is 32.7. The Kier molecular flexibility index (Phi) is 13.7. The highest BCUT2D eigenvalue weighted by Crippen LogP contribution is 2.54. The minimum atomic E-state index is -0.594. The van der Waals surface area contributed by atoms with Crippen LogP contribution < -0.4 is 5.32 Å². The van der Waals surface area contributed by atoms with Crippen LogP contribution in [0.3, 0.4) is 0 Å². The third-order valence-corrected chi connectivity index (χ3v) is 13.1. The first-order chi connectivity index (χ1) is 25.1. The van der Waals surface area contributed by atoms with Gasteiger partial charge in [-0.3, -0.25) is 9.59 Å². The molecule has 0 spiro atoms. The predicted molar refractivity (Wildman–Crippen MR) is 194 cm³/mol. The van der Waals surface area contributed by atoms with Crippen molar-refractivity contribution in [1.82, 2.24) is 5.32 Å². The van der Waals surface area contributed by atoms with Crippen LogP contribution in [0, 0.1) is 35.5 Å². The second kappa shape index (κ2) is 17.8. The van der Waals surface area contributed by atoms with Crippen LogP contribution in [0.15, 0.2) is 23.8 Å². The maximum Gasteiger partial charge on any atom is 0.306 e. The first-order valence-corrected chi connectivity index (χ1v) is 20.2. The molecule has 4 fully saturated rings. The molecule has 1 saturated carbocycles. The Labute approximate surface area is 311 Å². The first kappa shape index (κ1) is 40.0. The van der Waals surface area contributed by atoms with E-state index < -0.39 is 12.4 Å². The minimum Gasteiger partial charge on any atom is -0.462 e. The van der Waals surface area contributed by atoms with Gasteiger partial charge in [-0.1, -0.05) is 39.0 Å². The molecule has 17 atom stereocenters. The number of hydrogen-bond donors (Lipinski definition) is 1. The van der Waals surface area contributed by atoms with Crippen LogP contribution in [-0.2, 0) is 47.5 Å². The highest BCUT2D eigenvalue weighted by atomic mass is 16.7. The van der Waals surface area contributed by atoms with Gasteiger partial charge in [0.2, 0.25) is 0 Å². The Morgan fingerprint density at radius 2 is 1.60 bits per heavy atom. The molecule has 0 aromatic carbocycles. The van der Waals surface area contributed by atoms with Gasteiger partial charge in [0.15, 0.2) is 18.4 Å². The third kappa shape index (κ3) is 8.42. The largest absolute Gasteiger partial charge is 0.462 e. The standard InChI is InChI=1S/C41H65NO10/c1-9-26-12-11-13-34(52-36-17-16-33(42-10-2)23(4)48-36)22(3)37(44)32-20-30-28(31(32)21-35(43)50-26)15-14-25-18-27(19-29(25)30)51-41-40(47-8)39(46-7)38(45-6)24(5)49-41/h14-15,20,22-31,33-34,36,38-42H,9-13,16-19,21H2,1-8H3/t22-,23-,24+,25-,26+,27-,28-,29-,30-,31+,33+,34+,36+,38+,39-,40-,41+/m1/s1. The summed E-state index contributed by atoms with van der Waals surface area (Å²) in [5, 5.41) is 3.52. The minimum absolute atomic E-state index is 0.0287. The molecule has 6 aliphatic rings. The lowest BCUT2D eigenvalue weighted by Gasteiger charge is -2.44. The van der Waals surface area contributed by atoms with Crippen LogP contribution >= 0.6 is 0 Å². The summed E-state index contributed by atoms with van der Waals surface area (Å²) < 4.78 is 49.5. The fourth-order valence-corrected chi connectivity index (χ4v) is 10.3. The van der Waals surface area contributed by atoms with E-state index in [1.807, 2.05) is 13.8 Å². The van der Waals surface area contributed by atoms with E-state index in [0.29, 0.717) is 18.4 Å². The summed E-state index contributed by atoms with van der Waals surface area (Å²) >= 11 is 0. The van der Waals surface area contributed by atoms with Crippen molar-refractivity contribution < 1.29 is 47.5 Å². The van der Waals surface area contributed by atoms with Crippen molar-refractivity contribution >= 4 is 11.8 Å². The van der Waals surface area contributed by atoms with Gasteiger partial charge >= 0.3 is 5.97 Å². The van der Waals surface area contributed by atoms with Crippen molar-refractivity contribution in [2.24, 2.45) is 35.5 Å². The van der Waals surface area contributed by atoms with Gasteiger partial charge in [0, 0.05) is 39.2 Å². The highest BCUT2D eigenvalue weighted by Gasteiger charge is 2.52. The average molecular weight is 732 g/mol. The summed E-state index contributed by atoms with van der Waals surface area (Å²) in [5.41, 5.74) is 0.763. The third-order valence-electron chi connectivity index (χ3n) is 13.1. The number of fused-ring (bicyclic) bond motifs is 5. The quantitative estimate of drug-likeness (QED) is 0.226. The van der Waals surface area contributed by atoms with Crippen molar-refractivity contribution in [2.45, 2.75) is 160 Å². The van der Waals surface area contributed by atoms with Crippen LogP contribution in [0.2, 0.25) is 0 Å². The molecule has 0 aromatic rings. The fraction of sp³-hybridized carbons (Fsp3) is 0.854. The van der Waals surface area contributed by atoms with E-state index in [1.165, 1.54) is 0 Å². The molecule has 3 heterocycles. The van der Waals surface area contributed by atoms with Crippen LogP contribution in [0.25, 0.3) is 0 Å². The van der Waals surface area contributed by atoms with Gasteiger partial charge in [0.1, 0.15) is 24.4 Å². The SMILES string of the molecule is CCN[C@H]1CC[C@H](O[C@H]2CCC[C@H](CC)OC(=O)C[C@@H]3C(=C[C@@H]4[C@H]3C=C[C@@H]3C[C@@H](O[C@@H]5O[C@@H](C)[C@H](OC)[C@@H](OC)[C@H]5OC)C[C@@H]43)C(=O)[C@@H]2C)O[C@@H]1C. The number of methoxy groups -OCH3 is 3. The highest BCUT2D eigenvalue weighted by molar-refractivity contribution is 5.99. The number of rotatable bonds is 10. The van der Waals surface area contributed by atoms with Gasteiger partial charge in [0.05, 0.1) is 30.8 Å². The van der Waals surface area contributed by atoms with Crippen molar-refractivity contribution in [3.63, 3.8) is 0 Å². The topological polar surface area (TPSA) is 120 Å². The van der Waals surface area contributed by atoms with E-state index >= 15 is 0 Å². The molecule has 0 amide bonds. The number of ketones is 1. The van der Waals surface area contributed by atoms with Crippen molar-refractivity contribution in [3.05, 3.63) is 23.8 Å². The van der Waals surface area contributed by atoms with E-state index in [1.54, 1.807) is 21.3 Å². The normalized spacial score (nSPS) is 45.6. The van der Waals surface area contributed by atoms with Gasteiger partial charge in [0.25, 0.3) is 0 Å². The fourth-order valence-electron chi connectivity index (χ4n) is 10.3. The molecule has 3 aliphatic heterocycles. The van der Waals surface area contributed by atoms with Crippen LogP contribution in [0.1, 0.15) is 92.4 Å². The lowest BCUT2D eigenvalue weighted by atomic mass is 9.70. The second-order valence-electron chi connectivity index (χ2n) is 16.1. The van der Waals surface area contributed by atoms with Gasteiger partial charge in [-0.05, 0) is 101 Å². The van der Waals surface area contributed by atoms with Gasteiger partial charge in [-0.2, -0.15) is 0 Å². The molecule has 11 nitrogen and oxygen atoms in total. The molecule has 294 valence electrons. The summed E-state index contributed by atoms with van der Waals surface area (Å²) in [6.45, 7) is 11.2. The number of likely N-dealkylation sites (N-methyl/N-ethyl adjacent to an activating group) is 1. The molecule has 1 N–H and O–H groups in total. The second-order valence-corrected chi connectivity index (χ2v) is 16.1. The summed E-state index contributed by atoms with van der Waals surface area (Å²) in [6, 6.07) is 0.302. The summed E-state index contributed by atoms with van der Waals surface area (Å²) in [5.74, 6) is 0.0191. The number of carbonyl (C=O) groups excluding carboxylic acids is 2. The molecular formula is C41H65NO10. The van der Waals surface area contributed by atoms with Gasteiger partial charge in [-0.15, -0.1) is 0 Å². The molecular weight excluding hydrogens is 666 g/mol. The molecule has 3 aliphatic carbocycles. The maximum atomic E-state index is 14.6. The van der Waals surface area contributed by atoms with Crippen LogP contribution in [-0.4, -0.2) is 107 Å². The predicted octanol–water partition coefficient (Wildman–Crippen LogP) is 5.54. The lowest BCUT2D eigenvalue weighted by Crippen LogP contribution is -2.59. The zero-order chi connectivity index (χ0) is 37.1. The van der Waals surface area contributed by atoms with Crippen molar-refractivity contribution in [3.8, 4) is 0 Å². The molecule has 3 saturated heterocycles. The van der Waals surface area contributed by atoms with E-state index in [-0.39, 0.29) is 96.8 Å². The molecule has 0 aromatic heterocycles. The number of cyclic esters (lactones) is 1. The Hall–Kier alpha value is -1.70. The Morgan fingerprint density at radius 1 is 0.827 bits per heavy atom. The van der Waals surface area contributed by atoms with E-state index in [9.17, 15) is 9.59 Å². The number of esters is 1. The Morgan fingerprint density at radius 3 is 2.29 bits per heavy atom. The Bertz CT molecular complexity index is 1270. The average Bonchev–Trinajstić information content (AvgIpc) is 3.71. The lowest BCUT2D eigenvalue weighted by molar-refractivity contribution is -0.314. The maximum absolute atomic E-state index is 14.6. The van der Waals surface area contributed by atoms with Crippen LogP contribution in [0.5, 0.6) is 0 Å². The number of allylic oxidation sites excluding steroid dienone is 4. The van der Waals surface area contributed by atoms with Crippen LogP contribution in [0.4, 0.5) is 0 Å². The molecule has 52 heavy (non-hydrogen) atoms. The summed E-state index contributed by atoms with van der Waals surface area (Å²) in [7, 11) is 4.97. The molecule has 0 radical (unpaired) electrons. The number of ether oxygens (including phenoxy) is 8. The van der Waals surface area contributed by atoms with E-state index in [2.05, 4.69) is 44.3 Å². The number of Topliss-reactive ketones (excluding diaryl/α,β-unsaturated/α-hetero) is 1. The van der Waals surface area contributed by atoms with E-state index in [0.717, 1.165) is 57.1 Å². The van der Waals surface area contributed by atoms with Gasteiger partial charge < -0.3 is 43.2 Å². The van der Waals surface area contributed by atoms with Gasteiger partial charge in [-0.25, -0.2) is 0 Å². The van der Waals surface area contributed by atoms with Crippen molar-refractivity contribution in [1.29, 1.82) is 0 Å².